The number of aliphatic hydroxyl groups is 1. The zero-order valence-electron chi connectivity index (χ0n) is 9.74. The topological polar surface area (TPSA) is 109 Å². The van der Waals surface area contributed by atoms with Gasteiger partial charge in [-0.05, 0) is 13.3 Å². The van der Waals surface area contributed by atoms with Gasteiger partial charge in [0.25, 0.3) is 0 Å². The molecule has 0 saturated heterocycles. The maximum Gasteiger partial charge on any atom is 0.245 e. The lowest BCUT2D eigenvalue weighted by Gasteiger charge is -2.17. The quantitative estimate of drug-likeness (QED) is 0.735. The Morgan fingerprint density at radius 3 is 2.47 bits per heavy atom. The predicted octanol–water partition coefficient (Wildman–Crippen LogP) is -0.550. The van der Waals surface area contributed by atoms with Gasteiger partial charge < -0.3 is 10.8 Å². The summed E-state index contributed by atoms with van der Waals surface area (Å²) < 4.78 is 25.1. The lowest BCUT2D eigenvalue weighted by atomic mass is 10.3. The molecule has 0 spiro atoms. The van der Waals surface area contributed by atoms with Crippen molar-refractivity contribution in [3.8, 4) is 0 Å². The molecule has 0 aliphatic heterocycles. The largest absolute Gasteiger partial charge is 0.393 e. The predicted molar refractivity (Wildman–Crippen MR) is 62.6 cm³/mol. The molecule has 96 valence electrons. The Labute approximate surface area is 100 Å². The van der Waals surface area contributed by atoms with Crippen LogP contribution in [0.15, 0.2) is 17.3 Å². The van der Waals surface area contributed by atoms with Gasteiger partial charge in [0.1, 0.15) is 4.90 Å². The van der Waals surface area contributed by atoms with Gasteiger partial charge in [-0.3, -0.25) is 0 Å². The van der Waals surface area contributed by atoms with E-state index in [0.29, 0.717) is 6.42 Å². The smallest absolute Gasteiger partial charge is 0.245 e. The minimum Gasteiger partial charge on any atom is -0.393 e. The average Bonchev–Trinajstić information content (AvgIpc) is 2.26. The summed E-state index contributed by atoms with van der Waals surface area (Å²) >= 11 is 0. The number of hydrogen-bond donors (Lipinski definition) is 2. The monoisotopic (exact) mass is 260 g/mol. The molecule has 0 fully saturated rings. The van der Waals surface area contributed by atoms with Crippen LogP contribution in [0.4, 0.5) is 5.95 Å². The zero-order valence-corrected chi connectivity index (χ0v) is 10.6. The van der Waals surface area contributed by atoms with Crippen molar-refractivity contribution in [2.24, 2.45) is 0 Å². The molecule has 0 aromatic carbocycles. The molecular weight excluding hydrogens is 244 g/mol. The van der Waals surface area contributed by atoms with Crippen molar-refractivity contribution in [2.75, 3.05) is 19.3 Å². The van der Waals surface area contributed by atoms with Gasteiger partial charge >= 0.3 is 0 Å². The molecule has 17 heavy (non-hydrogen) atoms. The van der Waals surface area contributed by atoms with Crippen molar-refractivity contribution in [3.63, 3.8) is 0 Å². The molecular formula is C9H16N4O3S. The van der Waals surface area contributed by atoms with Crippen LogP contribution in [0.5, 0.6) is 0 Å². The Morgan fingerprint density at radius 2 is 2.00 bits per heavy atom. The molecule has 1 rings (SSSR count). The molecule has 3 N–H and O–H groups in total. The van der Waals surface area contributed by atoms with Crippen molar-refractivity contribution in [3.05, 3.63) is 12.4 Å². The number of aliphatic hydroxyl groups excluding tert-OH is 1. The highest BCUT2D eigenvalue weighted by Crippen LogP contribution is 2.12. The number of rotatable bonds is 5. The van der Waals surface area contributed by atoms with E-state index in [0.717, 1.165) is 16.7 Å². The highest BCUT2D eigenvalue weighted by atomic mass is 32.2. The van der Waals surface area contributed by atoms with Crippen molar-refractivity contribution < 1.29 is 13.5 Å². The van der Waals surface area contributed by atoms with E-state index in [-0.39, 0.29) is 17.4 Å². The normalized spacial score (nSPS) is 13.9. The SMILES string of the molecule is CC(O)CCN(C)S(=O)(=O)c1cnc(N)nc1. The number of aromatic nitrogens is 2. The third-order valence-electron chi connectivity index (χ3n) is 2.22. The third-order valence-corrected chi connectivity index (χ3v) is 4.03. The maximum atomic E-state index is 12.0. The first-order valence-corrected chi connectivity index (χ1v) is 6.50. The second-order valence-electron chi connectivity index (χ2n) is 3.74. The molecule has 1 heterocycles. The van der Waals surface area contributed by atoms with Crippen LogP contribution in [0.1, 0.15) is 13.3 Å². The Kier molecular flexibility index (Phi) is 4.38. The van der Waals surface area contributed by atoms with Crippen LogP contribution < -0.4 is 5.73 Å². The molecule has 1 aromatic rings. The van der Waals surface area contributed by atoms with E-state index < -0.39 is 16.1 Å². The number of sulfonamides is 1. The number of nitrogen functional groups attached to an aromatic ring is 1. The molecule has 0 radical (unpaired) electrons. The van der Waals surface area contributed by atoms with Crippen molar-refractivity contribution >= 4 is 16.0 Å². The second-order valence-corrected chi connectivity index (χ2v) is 5.79. The van der Waals surface area contributed by atoms with E-state index in [1.165, 1.54) is 7.05 Å². The fourth-order valence-electron chi connectivity index (χ4n) is 1.13. The van der Waals surface area contributed by atoms with E-state index in [2.05, 4.69) is 9.97 Å². The lowest BCUT2D eigenvalue weighted by molar-refractivity contribution is 0.177. The highest BCUT2D eigenvalue weighted by Gasteiger charge is 2.21. The summed E-state index contributed by atoms with van der Waals surface area (Å²) in [4.78, 5) is 7.25. The summed E-state index contributed by atoms with van der Waals surface area (Å²) in [6.45, 7) is 1.83. The fourth-order valence-corrected chi connectivity index (χ4v) is 2.21. The molecule has 0 amide bonds. The lowest BCUT2D eigenvalue weighted by Crippen LogP contribution is -2.29. The molecule has 0 bridgehead atoms. The molecule has 8 heteroatoms. The first-order chi connectivity index (χ1) is 7.84. The van der Waals surface area contributed by atoms with Gasteiger partial charge in [-0.1, -0.05) is 0 Å². The van der Waals surface area contributed by atoms with E-state index in [1.54, 1.807) is 6.92 Å². The van der Waals surface area contributed by atoms with Crippen LogP contribution in [-0.4, -0.2) is 47.5 Å². The first-order valence-electron chi connectivity index (χ1n) is 5.06. The average molecular weight is 260 g/mol. The van der Waals surface area contributed by atoms with Gasteiger partial charge in [0.15, 0.2) is 0 Å². The number of hydrogen-bond acceptors (Lipinski definition) is 6. The van der Waals surface area contributed by atoms with Gasteiger partial charge in [-0.2, -0.15) is 0 Å². The van der Waals surface area contributed by atoms with Gasteiger partial charge in [-0.25, -0.2) is 22.7 Å². The minimum absolute atomic E-state index is 0.0141. The molecule has 0 aliphatic carbocycles. The summed E-state index contributed by atoms with van der Waals surface area (Å²) in [6.07, 6.45) is 2.15. The molecule has 7 nitrogen and oxygen atoms in total. The Bertz CT molecular complexity index is 458. The van der Waals surface area contributed by atoms with Gasteiger partial charge in [0.2, 0.25) is 16.0 Å². The highest BCUT2D eigenvalue weighted by molar-refractivity contribution is 7.89. The van der Waals surface area contributed by atoms with Crippen LogP contribution >= 0.6 is 0 Å². The van der Waals surface area contributed by atoms with Crippen molar-refractivity contribution in [1.29, 1.82) is 0 Å². The van der Waals surface area contributed by atoms with Gasteiger partial charge in [0.05, 0.1) is 18.5 Å². The van der Waals surface area contributed by atoms with Gasteiger partial charge in [-0.15, -0.1) is 0 Å². The second kappa shape index (κ2) is 5.39. The summed E-state index contributed by atoms with van der Waals surface area (Å²) in [6, 6.07) is 0. The Balaban J connectivity index is 2.84. The first kappa shape index (κ1) is 13.8. The van der Waals surface area contributed by atoms with E-state index in [4.69, 9.17) is 10.8 Å². The van der Waals surface area contributed by atoms with Crippen molar-refractivity contribution in [2.45, 2.75) is 24.3 Å². The summed E-state index contributed by atoms with van der Waals surface area (Å²) in [7, 11) is -2.17. The molecule has 0 saturated carbocycles. The van der Waals surface area contributed by atoms with Crippen LogP contribution in [0.3, 0.4) is 0 Å². The van der Waals surface area contributed by atoms with Crippen LogP contribution in [0.25, 0.3) is 0 Å². The number of nitrogens with zero attached hydrogens (tertiary/aromatic N) is 3. The maximum absolute atomic E-state index is 12.0. The van der Waals surface area contributed by atoms with Crippen LogP contribution in [0, 0.1) is 0 Å². The van der Waals surface area contributed by atoms with Gasteiger partial charge in [0, 0.05) is 13.6 Å². The molecule has 0 aliphatic rings. The number of anilines is 1. The summed E-state index contributed by atoms with van der Waals surface area (Å²) in [5, 5.41) is 9.11. The molecule has 1 aromatic heterocycles. The fraction of sp³-hybridized carbons (Fsp3) is 0.556. The minimum atomic E-state index is -3.61. The third kappa shape index (κ3) is 3.62. The van der Waals surface area contributed by atoms with E-state index in [1.807, 2.05) is 0 Å². The van der Waals surface area contributed by atoms with Crippen LogP contribution in [0.2, 0.25) is 0 Å². The number of nitrogens with two attached hydrogens (primary N) is 1. The standard InChI is InChI=1S/C9H16N4O3S/c1-7(14)3-4-13(2)17(15,16)8-5-11-9(10)12-6-8/h5-7,14H,3-4H2,1-2H3,(H2,10,11,12). The summed E-state index contributed by atoms with van der Waals surface area (Å²) in [5.74, 6) is 0.0237. The Morgan fingerprint density at radius 1 is 1.47 bits per heavy atom. The van der Waals surface area contributed by atoms with Crippen LogP contribution in [-0.2, 0) is 10.0 Å². The Hall–Kier alpha value is -1.25. The van der Waals surface area contributed by atoms with E-state index >= 15 is 0 Å². The molecule has 1 unspecified atom stereocenters. The van der Waals surface area contributed by atoms with Crippen molar-refractivity contribution in [1.82, 2.24) is 14.3 Å². The zero-order chi connectivity index (χ0) is 13.1. The van der Waals surface area contributed by atoms with E-state index in [9.17, 15) is 8.42 Å². The molecule has 1 atom stereocenters. The summed E-state index contributed by atoms with van der Waals surface area (Å²) in [5.41, 5.74) is 5.28.